The minimum atomic E-state index is -0.376. The number of fused-ring (bicyclic) bond motifs is 2. The van der Waals surface area contributed by atoms with Crippen molar-refractivity contribution in [3.05, 3.63) is 68.3 Å². The van der Waals surface area contributed by atoms with Crippen molar-refractivity contribution in [1.29, 1.82) is 0 Å². The van der Waals surface area contributed by atoms with Crippen LogP contribution in [0.1, 0.15) is 19.4 Å². The fourth-order valence-corrected chi connectivity index (χ4v) is 4.47. The van der Waals surface area contributed by atoms with Crippen LogP contribution in [0, 0.1) is 5.92 Å². The van der Waals surface area contributed by atoms with Crippen LogP contribution in [0.4, 0.5) is 0 Å². The van der Waals surface area contributed by atoms with Crippen molar-refractivity contribution in [1.82, 2.24) is 33.4 Å². The van der Waals surface area contributed by atoms with E-state index >= 15 is 0 Å². The Kier molecular flexibility index (Phi) is 5.01. The summed E-state index contributed by atoms with van der Waals surface area (Å²) in [6, 6.07) is 5.67. The fourth-order valence-electron chi connectivity index (χ4n) is 4.29. The van der Waals surface area contributed by atoms with E-state index in [1.165, 1.54) is 7.05 Å². The third kappa shape index (κ3) is 3.39. The van der Waals surface area contributed by atoms with E-state index in [9.17, 15) is 9.59 Å². The van der Waals surface area contributed by atoms with E-state index in [0.29, 0.717) is 34.8 Å². The van der Waals surface area contributed by atoms with Crippen molar-refractivity contribution in [2.24, 2.45) is 20.0 Å². The second-order valence-corrected chi connectivity index (χ2v) is 9.19. The Labute approximate surface area is 193 Å². The molecule has 0 amide bonds. The number of benzene rings is 1. The number of H-pyrrole nitrogens is 1. The molecule has 0 fully saturated rings. The van der Waals surface area contributed by atoms with E-state index < -0.39 is 0 Å². The van der Waals surface area contributed by atoms with Crippen LogP contribution in [0.25, 0.3) is 33.3 Å². The lowest BCUT2D eigenvalue weighted by Crippen LogP contribution is -2.38. The molecule has 0 saturated heterocycles. The van der Waals surface area contributed by atoms with Gasteiger partial charge in [0.1, 0.15) is 11.1 Å². The number of rotatable bonds is 5. The van der Waals surface area contributed by atoms with Gasteiger partial charge < -0.3 is 9.55 Å². The minimum Gasteiger partial charge on any atom is -0.361 e. The zero-order chi connectivity index (χ0) is 23.4. The molecular formula is C23H24ClN7O2. The Hall–Kier alpha value is -3.59. The molecule has 1 aromatic carbocycles. The predicted molar refractivity (Wildman–Crippen MR) is 129 cm³/mol. The number of imidazole rings is 1. The smallest absolute Gasteiger partial charge is 0.332 e. The highest BCUT2D eigenvalue weighted by Crippen LogP contribution is 2.29. The molecular weight excluding hydrogens is 442 g/mol. The minimum absolute atomic E-state index is 0.199. The van der Waals surface area contributed by atoms with Crippen molar-refractivity contribution in [2.75, 3.05) is 0 Å². The molecule has 0 aliphatic carbocycles. The first-order valence-electron chi connectivity index (χ1n) is 10.7. The Balaban J connectivity index is 1.84. The number of aromatic nitrogens is 7. The van der Waals surface area contributed by atoms with Crippen LogP contribution in [0.3, 0.4) is 0 Å². The lowest BCUT2D eigenvalue weighted by molar-refractivity contribution is 0.498. The van der Waals surface area contributed by atoms with E-state index in [1.807, 2.05) is 49.9 Å². The molecule has 9 nitrogen and oxygen atoms in total. The number of nitrogens with one attached hydrogen (secondary N) is 1. The number of aryl methyl sites for hydroxylation is 1. The largest absolute Gasteiger partial charge is 0.361 e. The van der Waals surface area contributed by atoms with Gasteiger partial charge in [-0.25, -0.2) is 9.78 Å². The Bertz CT molecular complexity index is 1630. The van der Waals surface area contributed by atoms with E-state index in [4.69, 9.17) is 16.7 Å². The van der Waals surface area contributed by atoms with Crippen LogP contribution >= 0.6 is 11.6 Å². The van der Waals surface area contributed by atoms with Gasteiger partial charge in [-0.2, -0.15) is 5.10 Å². The summed E-state index contributed by atoms with van der Waals surface area (Å²) in [4.78, 5) is 33.8. The zero-order valence-electron chi connectivity index (χ0n) is 18.8. The van der Waals surface area contributed by atoms with E-state index in [0.717, 1.165) is 26.7 Å². The number of hydrogen-bond donors (Lipinski definition) is 1. The summed E-state index contributed by atoms with van der Waals surface area (Å²) in [6.07, 6.45) is 5.30. The van der Waals surface area contributed by atoms with E-state index in [-0.39, 0.29) is 17.2 Å². The number of halogens is 1. The molecule has 0 bridgehead atoms. The maximum absolute atomic E-state index is 13.3. The third-order valence-electron chi connectivity index (χ3n) is 5.88. The highest BCUT2D eigenvalue weighted by molar-refractivity contribution is 6.31. The van der Waals surface area contributed by atoms with Gasteiger partial charge in [-0.3, -0.25) is 18.6 Å². The summed E-state index contributed by atoms with van der Waals surface area (Å²) < 4.78 is 6.37. The van der Waals surface area contributed by atoms with Crippen LogP contribution in [-0.2, 0) is 27.2 Å². The van der Waals surface area contributed by atoms with Crippen molar-refractivity contribution >= 4 is 33.5 Å². The third-order valence-corrected chi connectivity index (χ3v) is 6.12. The summed E-state index contributed by atoms with van der Waals surface area (Å²) in [5.41, 5.74) is 2.92. The van der Waals surface area contributed by atoms with Gasteiger partial charge in [0.25, 0.3) is 5.56 Å². The molecule has 0 atom stereocenters. The zero-order valence-corrected chi connectivity index (χ0v) is 19.6. The normalized spacial score (nSPS) is 11.9. The lowest BCUT2D eigenvalue weighted by atomic mass is 10.1. The average Bonchev–Trinajstić information content (AvgIpc) is 3.47. The summed E-state index contributed by atoms with van der Waals surface area (Å²) in [7, 11) is 3.37. The van der Waals surface area contributed by atoms with Crippen molar-refractivity contribution in [2.45, 2.75) is 26.9 Å². The first-order valence-corrected chi connectivity index (χ1v) is 11.1. The quantitative estimate of drug-likeness (QED) is 0.431. The van der Waals surface area contributed by atoms with Gasteiger partial charge in [0.15, 0.2) is 5.65 Å². The highest BCUT2D eigenvalue weighted by atomic mass is 35.5. The Morgan fingerprint density at radius 1 is 1.18 bits per heavy atom. The number of hydrogen-bond acceptors (Lipinski definition) is 4. The lowest BCUT2D eigenvalue weighted by Gasteiger charge is -2.11. The molecule has 170 valence electrons. The first kappa shape index (κ1) is 21.3. The predicted octanol–water partition coefficient (Wildman–Crippen LogP) is 3.14. The van der Waals surface area contributed by atoms with E-state index in [1.54, 1.807) is 21.8 Å². The molecule has 5 rings (SSSR count). The second-order valence-electron chi connectivity index (χ2n) is 8.75. The standard InChI is InChI=1S/C23H24ClN7O2/c1-13(2)10-30-21-19(22(32)29(4)23(30)33)20(18-9-25-12-28(18)3)31(27-21)11-14-8-26-17-6-5-15(24)7-16(14)17/h5-9,12-13,26H,10-11H2,1-4H3. The van der Waals surface area contributed by atoms with E-state index in [2.05, 4.69) is 9.97 Å². The van der Waals surface area contributed by atoms with Gasteiger partial charge >= 0.3 is 5.69 Å². The van der Waals surface area contributed by atoms with Gasteiger partial charge in [0.2, 0.25) is 0 Å². The molecule has 0 aliphatic rings. The van der Waals surface area contributed by atoms with Crippen LogP contribution < -0.4 is 11.2 Å². The molecule has 33 heavy (non-hydrogen) atoms. The molecule has 0 saturated carbocycles. The van der Waals surface area contributed by atoms with Crippen LogP contribution in [0.5, 0.6) is 0 Å². The maximum Gasteiger partial charge on any atom is 0.332 e. The molecule has 0 spiro atoms. The molecule has 4 aromatic heterocycles. The topological polar surface area (TPSA) is 95.4 Å². The summed E-state index contributed by atoms with van der Waals surface area (Å²) in [5.74, 6) is 0.199. The average molecular weight is 466 g/mol. The summed E-state index contributed by atoms with van der Waals surface area (Å²) in [5, 5.41) is 6.83. The van der Waals surface area contributed by atoms with Gasteiger partial charge in [0.05, 0.1) is 24.8 Å². The first-order chi connectivity index (χ1) is 15.8. The Morgan fingerprint density at radius 3 is 2.67 bits per heavy atom. The van der Waals surface area contributed by atoms with Gasteiger partial charge in [-0.15, -0.1) is 0 Å². The van der Waals surface area contributed by atoms with Gasteiger partial charge in [0, 0.05) is 42.8 Å². The molecule has 0 unspecified atom stereocenters. The highest BCUT2D eigenvalue weighted by Gasteiger charge is 2.24. The fraction of sp³-hybridized carbons (Fsp3) is 0.304. The van der Waals surface area contributed by atoms with Crippen molar-refractivity contribution in [3.63, 3.8) is 0 Å². The maximum atomic E-state index is 13.3. The van der Waals surface area contributed by atoms with Crippen LogP contribution in [0.2, 0.25) is 5.02 Å². The summed E-state index contributed by atoms with van der Waals surface area (Å²) >= 11 is 6.24. The molecule has 0 aliphatic heterocycles. The van der Waals surface area contributed by atoms with Gasteiger partial charge in [-0.05, 0) is 29.7 Å². The molecule has 10 heteroatoms. The van der Waals surface area contributed by atoms with Gasteiger partial charge in [-0.1, -0.05) is 25.4 Å². The molecule has 0 radical (unpaired) electrons. The second kappa shape index (κ2) is 7.77. The van der Waals surface area contributed by atoms with Crippen LogP contribution in [-0.4, -0.2) is 33.4 Å². The number of nitrogens with zero attached hydrogens (tertiary/aromatic N) is 6. The van der Waals surface area contributed by atoms with Crippen molar-refractivity contribution in [3.8, 4) is 11.4 Å². The molecule has 1 N–H and O–H groups in total. The van der Waals surface area contributed by atoms with Crippen molar-refractivity contribution < 1.29 is 0 Å². The Morgan fingerprint density at radius 2 is 1.97 bits per heavy atom. The SMILES string of the molecule is CC(C)Cn1c(=O)n(C)c(=O)c2c(-c3cncn3C)n(Cc3c[nH]c4ccc(Cl)cc34)nc21. The molecule has 4 heterocycles. The summed E-state index contributed by atoms with van der Waals surface area (Å²) in [6.45, 7) is 4.89. The molecule has 5 aromatic rings. The monoisotopic (exact) mass is 465 g/mol. The number of aromatic amines is 1. The van der Waals surface area contributed by atoms with Crippen LogP contribution in [0.15, 0.2) is 46.5 Å².